The van der Waals surface area contributed by atoms with E-state index in [9.17, 15) is 40.9 Å². The van der Waals surface area contributed by atoms with Crippen molar-refractivity contribution in [2.75, 3.05) is 19.8 Å². The lowest BCUT2D eigenvalue weighted by molar-refractivity contribution is -0.327. The van der Waals surface area contributed by atoms with Gasteiger partial charge in [-0.05, 0) is 68.1 Å². The van der Waals surface area contributed by atoms with Crippen LogP contribution in [0.5, 0.6) is 0 Å². The fraction of sp³-hybridized carbons (Fsp3) is 0.875. The summed E-state index contributed by atoms with van der Waals surface area (Å²) in [7, 11) is 0. The number of rotatable bonds is 10. The summed E-state index contributed by atoms with van der Waals surface area (Å²) in [6.45, 7) is 12.3. The van der Waals surface area contributed by atoms with Crippen molar-refractivity contribution in [1.82, 2.24) is 0 Å². The molecule has 254 valence electrons. The molecule has 12 nitrogen and oxygen atoms in total. The number of allylic oxidation sites excluding steroid dienone is 2. The fourth-order valence-electron chi connectivity index (χ4n) is 8.24. The number of hydrogen-bond acceptors (Lipinski definition) is 12. The second-order valence-electron chi connectivity index (χ2n) is 14.1. The highest BCUT2D eigenvalue weighted by Gasteiger charge is 2.57. The van der Waals surface area contributed by atoms with Crippen LogP contribution in [0.1, 0.15) is 66.2 Å². The van der Waals surface area contributed by atoms with Crippen LogP contribution >= 0.6 is 0 Å². The third kappa shape index (κ3) is 6.97. The Morgan fingerprint density at radius 3 is 2.02 bits per heavy atom. The molecule has 8 N–H and O–H groups in total. The molecule has 12 heteroatoms. The minimum atomic E-state index is -1.48. The maximum Gasteiger partial charge on any atom is 0.187 e. The van der Waals surface area contributed by atoms with E-state index in [4.69, 9.17) is 18.9 Å². The van der Waals surface area contributed by atoms with Crippen molar-refractivity contribution in [3.63, 3.8) is 0 Å². The molecule has 2 saturated carbocycles. The van der Waals surface area contributed by atoms with Crippen molar-refractivity contribution in [2.45, 2.75) is 134 Å². The van der Waals surface area contributed by atoms with Crippen LogP contribution in [0.4, 0.5) is 0 Å². The van der Waals surface area contributed by atoms with Gasteiger partial charge in [-0.25, -0.2) is 0 Å². The first-order valence-corrected chi connectivity index (χ1v) is 15.9. The second kappa shape index (κ2) is 14.4. The smallest absolute Gasteiger partial charge is 0.187 e. The highest BCUT2D eigenvalue weighted by Crippen LogP contribution is 2.62. The number of aliphatic hydroxyl groups excluding tert-OH is 8. The van der Waals surface area contributed by atoms with Crippen LogP contribution in [0.25, 0.3) is 0 Å². The Bertz CT molecular complexity index is 1000. The maximum atomic E-state index is 10.6. The van der Waals surface area contributed by atoms with E-state index >= 15 is 0 Å². The van der Waals surface area contributed by atoms with Crippen LogP contribution in [-0.2, 0) is 18.9 Å². The summed E-state index contributed by atoms with van der Waals surface area (Å²) < 4.78 is 23.0. The summed E-state index contributed by atoms with van der Waals surface area (Å²) in [5.74, 6) is 0.552. The highest BCUT2D eigenvalue weighted by molar-refractivity contribution is 5.18. The van der Waals surface area contributed by atoms with Gasteiger partial charge in [0, 0.05) is 0 Å². The molecule has 0 amide bonds. The van der Waals surface area contributed by atoms with Crippen molar-refractivity contribution in [1.29, 1.82) is 0 Å². The third-order valence-electron chi connectivity index (χ3n) is 11.0. The third-order valence-corrected chi connectivity index (χ3v) is 11.0. The molecule has 2 aliphatic heterocycles. The zero-order valence-corrected chi connectivity index (χ0v) is 26.4. The van der Waals surface area contributed by atoms with Crippen molar-refractivity contribution in [3.8, 4) is 0 Å². The molecule has 44 heavy (non-hydrogen) atoms. The van der Waals surface area contributed by atoms with Gasteiger partial charge in [0.25, 0.3) is 0 Å². The van der Waals surface area contributed by atoms with Crippen LogP contribution in [0.15, 0.2) is 23.8 Å². The van der Waals surface area contributed by atoms with Gasteiger partial charge in [0.2, 0.25) is 0 Å². The fourth-order valence-corrected chi connectivity index (χ4v) is 8.24. The van der Waals surface area contributed by atoms with E-state index in [1.807, 2.05) is 13.0 Å². The quantitative estimate of drug-likeness (QED) is 0.120. The molecule has 0 radical (unpaired) electrons. The van der Waals surface area contributed by atoms with Crippen LogP contribution in [0.2, 0.25) is 0 Å². The molecule has 14 unspecified atom stereocenters. The SMILES string of the molecule is C=C1CCC2C(C)(C)C(OC3OC(CO)C(O)C(O)C3O)CCC2(C)C1CCC(C)=CCOC1OC(CO)C(O)C(O)C1O. The zero-order valence-electron chi connectivity index (χ0n) is 26.4. The van der Waals surface area contributed by atoms with E-state index < -0.39 is 74.6 Å². The first kappa shape index (κ1) is 35.8. The summed E-state index contributed by atoms with van der Waals surface area (Å²) in [5.41, 5.74) is 1.99. The molecule has 0 spiro atoms. The lowest BCUT2D eigenvalue weighted by Crippen LogP contribution is -2.62. The van der Waals surface area contributed by atoms with Gasteiger partial charge in [-0.3, -0.25) is 0 Å². The van der Waals surface area contributed by atoms with Gasteiger partial charge in [0.1, 0.15) is 48.8 Å². The summed E-state index contributed by atoms with van der Waals surface area (Å²) >= 11 is 0. The van der Waals surface area contributed by atoms with E-state index in [2.05, 4.69) is 27.4 Å². The van der Waals surface area contributed by atoms with Gasteiger partial charge < -0.3 is 59.8 Å². The molecule has 2 heterocycles. The number of fused-ring (bicyclic) bond motifs is 1. The topological polar surface area (TPSA) is 199 Å². The Morgan fingerprint density at radius 1 is 0.864 bits per heavy atom. The second-order valence-corrected chi connectivity index (χ2v) is 14.1. The molecule has 4 fully saturated rings. The van der Waals surface area contributed by atoms with E-state index in [1.54, 1.807) is 0 Å². The Hall–Kier alpha value is -1.00. The van der Waals surface area contributed by atoms with Gasteiger partial charge >= 0.3 is 0 Å². The molecule has 0 bridgehead atoms. The van der Waals surface area contributed by atoms with Gasteiger partial charge in [-0.1, -0.05) is 44.6 Å². The van der Waals surface area contributed by atoms with Crippen LogP contribution in [0.3, 0.4) is 0 Å². The first-order valence-electron chi connectivity index (χ1n) is 15.9. The van der Waals surface area contributed by atoms with Gasteiger partial charge in [0.05, 0.1) is 25.9 Å². The highest BCUT2D eigenvalue weighted by atomic mass is 16.7. The minimum Gasteiger partial charge on any atom is -0.394 e. The van der Waals surface area contributed by atoms with Crippen molar-refractivity contribution >= 4 is 0 Å². The summed E-state index contributed by atoms with van der Waals surface area (Å²) in [6.07, 6.45) is -6.31. The minimum absolute atomic E-state index is 0.0405. The van der Waals surface area contributed by atoms with Gasteiger partial charge in [-0.2, -0.15) is 0 Å². The number of hydrogen-bond donors (Lipinski definition) is 8. The molecule has 4 rings (SSSR count). The summed E-state index contributed by atoms with van der Waals surface area (Å²) in [5, 5.41) is 80.1. The lowest BCUT2D eigenvalue weighted by Gasteiger charge is -2.60. The largest absolute Gasteiger partial charge is 0.394 e. The molecule has 14 atom stereocenters. The lowest BCUT2D eigenvalue weighted by atomic mass is 9.46. The van der Waals surface area contributed by atoms with Gasteiger partial charge in [-0.15, -0.1) is 0 Å². The monoisotopic (exact) mass is 630 g/mol. The summed E-state index contributed by atoms with van der Waals surface area (Å²) in [6, 6.07) is 0. The van der Waals surface area contributed by atoms with Gasteiger partial charge in [0.15, 0.2) is 12.6 Å². The normalized spacial score (nSPS) is 46.5. The van der Waals surface area contributed by atoms with E-state index in [-0.39, 0.29) is 35.4 Å². The zero-order chi connectivity index (χ0) is 32.6. The van der Waals surface area contributed by atoms with Crippen molar-refractivity contribution in [2.24, 2.45) is 22.7 Å². The molecule has 0 aromatic heterocycles. The maximum absolute atomic E-state index is 10.6. The average Bonchev–Trinajstić information content (AvgIpc) is 2.98. The standard InChI is InChI=1S/C32H54O12/c1-16(11-13-41-29-27(39)25(37)23(35)19(14-33)42-29)6-8-18-17(2)7-9-21-31(3,4)22(10-12-32(18,21)5)44-30-28(40)26(38)24(36)20(15-34)43-30/h11,18-30,33-40H,2,6-10,12-15H2,1,3-5H3. The first-order chi connectivity index (χ1) is 20.7. The molecule has 0 aromatic carbocycles. The molecule has 0 aromatic rings. The number of ether oxygens (including phenoxy) is 4. The molecular weight excluding hydrogens is 576 g/mol. The van der Waals surface area contributed by atoms with E-state index in [0.29, 0.717) is 6.42 Å². The van der Waals surface area contributed by atoms with Crippen molar-refractivity contribution in [3.05, 3.63) is 23.8 Å². The summed E-state index contributed by atoms with van der Waals surface area (Å²) in [4.78, 5) is 0. The Morgan fingerprint density at radius 2 is 1.43 bits per heavy atom. The van der Waals surface area contributed by atoms with E-state index in [0.717, 1.165) is 37.7 Å². The Balaban J connectivity index is 1.37. The van der Waals surface area contributed by atoms with E-state index in [1.165, 1.54) is 5.57 Å². The van der Waals surface area contributed by atoms with Crippen LogP contribution < -0.4 is 0 Å². The predicted molar refractivity (Wildman–Crippen MR) is 158 cm³/mol. The number of aliphatic hydroxyl groups is 8. The van der Waals surface area contributed by atoms with Crippen LogP contribution in [-0.4, -0.2) is 128 Å². The Labute approximate surface area is 259 Å². The molecule has 2 saturated heterocycles. The molecular formula is C32H54O12. The average molecular weight is 631 g/mol. The predicted octanol–water partition coefficient (Wildman–Crippen LogP) is 0.123. The Kier molecular flexibility index (Phi) is 11.7. The van der Waals surface area contributed by atoms with Crippen LogP contribution in [0, 0.1) is 22.7 Å². The molecule has 4 aliphatic rings. The molecule has 2 aliphatic carbocycles. The van der Waals surface area contributed by atoms with Crippen molar-refractivity contribution < 1.29 is 59.8 Å².